The zero-order chi connectivity index (χ0) is 26.1. The second-order valence-electron chi connectivity index (χ2n) is 10.0. The van der Waals surface area contributed by atoms with Crippen molar-refractivity contribution in [1.29, 1.82) is 0 Å². The average molecular weight is 515 g/mol. The predicted octanol–water partition coefficient (Wildman–Crippen LogP) is 4.53. The molecular weight excluding hydrogens is 483 g/mol. The molecule has 196 valence electrons. The van der Waals surface area contributed by atoms with E-state index in [0.717, 1.165) is 30.7 Å². The van der Waals surface area contributed by atoms with Crippen LogP contribution in [0.1, 0.15) is 45.3 Å². The lowest BCUT2D eigenvalue weighted by molar-refractivity contribution is 0.0488. The van der Waals surface area contributed by atoms with Crippen LogP contribution >= 0.6 is 0 Å². The Hall–Kier alpha value is -3.91. The van der Waals surface area contributed by atoms with Crippen molar-refractivity contribution in [2.45, 2.75) is 25.1 Å². The van der Waals surface area contributed by atoms with Gasteiger partial charge in [-0.25, -0.2) is 4.39 Å². The maximum atomic E-state index is 14.2. The molecule has 2 fully saturated rings. The Balaban J connectivity index is 1.16. The number of ether oxygens (including phenoxy) is 1. The highest BCUT2D eigenvalue weighted by Crippen LogP contribution is 2.35. The van der Waals surface area contributed by atoms with Gasteiger partial charge in [-0.2, -0.15) is 0 Å². The second kappa shape index (κ2) is 10.5. The molecule has 0 aromatic heterocycles. The van der Waals surface area contributed by atoms with E-state index < -0.39 is 0 Å². The third-order valence-electron chi connectivity index (χ3n) is 7.66. The summed E-state index contributed by atoms with van der Waals surface area (Å²) in [6, 6.07) is 21.9. The van der Waals surface area contributed by atoms with Crippen molar-refractivity contribution in [2.75, 3.05) is 49.5 Å². The van der Waals surface area contributed by atoms with E-state index in [9.17, 15) is 14.0 Å². The van der Waals surface area contributed by atoms with Crippen LogP contribution in [0.2, 0.25) is 0 Å². The second-order valence-corrected chi connectivity index (χ2v) is 10.0. The van der Waals surface area contributed by atoms with Crippen LogP contribution in [0.25, 0.3) is 0 Å². The van der Waals surface area contributed by atoms with Gasteiger partial charge >= 0.3 is 0 Å². The lowest BCUT2D eigenvalue weighted by Crippen LogP contribution is -2.49. The third-order valence-corrected chi connectivity index (χ3v) is 7.66. The van der Waals surface area contributed by atoms with E-state index in [4.69, 9.17) is 4.74 Å². The summed E-state index contributed by atoms with van der Waals surface area (Å²) in [5.41, 5.74) is 3.55. The summed E-state index contributed by atoms with van der Waals surface area (Å²) in [7, 11) is 0. The number of para-hydroxylation sites is 1. The molecule has 3 heterocycles. The molecule has 0 saturated carbocycles. The number of anilines is 2. The van der Waals surface area contributed by atoms with E-state index in [1.807, 2.05) is 69.3 Å². The minimum Gasteiger partial charge on any atom is -0.376 e. The SMILES string of the molecule is O=C(c1cccc(NC2c3ccccc3C(=O)N2CC2CCCO2)c1)N1CCN(c2ccccc2F)CC1. The molecule has 0 bridgehead atoms. The van der Waals surface area contributed by atoms with Gasteiger partial charge in [0, 0.05) is 61.7 Å². The Kier molecular flexibility index (Phi) is 6.72. The maximum Gasteiger partial charge on any atom is 0.256 e. The third kappa shape index (κ3) is 4.72. The van der Waals surface area contributed by atoms with Crippen LogP contribution in [-0.2, 0) is 4.74 Å². The standard InChI is InChI=1S/C30H31FN4O3/c31-26-12-3-4-13-27(26)33-14-16-34(17-15-33)29(36)21-7-5-8-22(19-21)32-28-24-10-1-2-11-25(24)30(37)35(28)20-23-9-6-18-38-23/h1-5,7-8,10-13,19,23,28,32H,6,9,14-18,20H2. The summed E-state index contributed by atoms with van der Waals surface area (Å²) >= 11 is 0. The first-order valence-corrected chi connectivity index (χ1v) is 13.3. The smallest absolute Gasteiger partial charge is 0.256 e. The largest absolute Gasteiger partial charge is 0.376 e. The lowest BCUT2D eigenvalue weighted by Gasteiger charge is -2.36. The Bertz CT molecular complexity index is 1330. The number of carbonyl (C=O) groups excluding carboxylic acids is 2. The summed E-state index contributed by atoms with van der Waals surface area (Å²) in [5, 5.41) is 3.51. The van der Waals surface area contributed by atoms with Crippen molar-refractivity contribution in [3.8, 4) is 0 Å². The molecule has 7 nitrogen and oxygen atoms in total. The van der Waals surface area contributed by atoms with Gasteiger partial charge in [0.15, 0.2) is 0 Å². The first-order chi connectivity index (χ1) is 18.6. The minimum absolute atomic E-state index is 0.00597. The van der Waals surface area contributed by atoms with Gasteiger partial charge in [0.2, 0.25) is 0 Å². The molecule has 2 amide bonds. The Labute approximate surface area is 221 Å². The van der Waals surface area contributed by atoms with E-state index in [1.165, 1.54) is 6.07 Å². The topological polar surface area (TPSA) is 65.1 Å². The van der Waals surface area contributed by atoms with Gasteiger partial charge in [-0.3, -0.25) is 9.59 Å². The van der Waals surface area contributed by atoms with Gasteiger partial charge in [0.05, 0.1) is 11.8 Å². The van der Waals surface area contributed by atoms with Crippen LogP contribution in [0, 0.1) is 5.82 Å². The number of halogens is 1. The van der Waals surface area contributed by atoms with Crippen LogP contribution in [0.15, 0.2) is 72.8 Å². The number of amides is 2. The summed E-state index contributed by atoms with van der Waals surface area (Å²) < 4.78 is 20.0. The van der Waals surface area contributed by atoms with E-state index in [0.29, 0.717) is 49.5 Å². The van der Waals surface area contributed by atoms with Crippen molar-refractivity contribution in [1.82, 2.24) is 9.80 Å². The number of nitrogens with zero attached hydrogens (tertiary/aromatic N) is 3. The monoisotopic (exact) mass is 514 g/mol. The first kappa shape index (κ1) is 24.4. The summed E-state index contributed by atoms with van der Waals surface area (Å²) in [6.45, 7) is 3.44. The van der Waals surface area contributed by atoms with Crippen molar-refractivity contribution in [3.63, 3.8) is 0 Å². The number of hydrogen-bond donors (Lipinski definition) is 1. The molecule has 3 aliphatic heterocycles. The molecule has 2 atom stereocenters. The zero-order valence-electron chi connectivity index (χ0n) is 21.2. The number of benzene rings is 3. The predicted molar refractivity (Wildman–Crippen MR) is 144 cm³/mol. The van der Waals surface area contributed by atoms with Gasteiger partial charge in [0.1, 0.15) is 12.0 Å². The Morgan fingerprint density at radius 1 is 0.974 bits per heavy atom. The maximum absolute atomic E-state index is 14.2. The summed E-state index contributed by atoms with van der Waals surface area (Å²) in [5.74, 6) is -0.305. The van der Waals surface area contributed by atoms with E-state index >= 15 is 0 Å². The van der Waals surface area contributed by atoms with Gasteiger partial charge < -0.3 is 24.8 Å². The molecule has 1 N–H and O–H groups in total. The number of hydrogen-bond acceptors (Lipinski definition) is 5. The fraction of sp³-hybridized carbons (Fsp3) is 0.333. The zero-order valence-corrected chi connectivity index (χ0v) is 21.2. The molecule has 3 aliphatic rings. The van der Waals surface area contributed by atoms with Gasteiger partial charge in [-0.15, -0.1) is 0 Å². The van der Waals surface area contributed by atoms with Gasteiger partial charge in [-0.1, -0.05) is 36.4 Å². The fourth-order valence-corrected chi connectivity index (χ4v) is 5.66. The normalized spacial score (nSPS) is 21.1. The van der Waals surface area contributed by atoms with Crippen LogP contribution in [0.4, 0.5) is 15.8 Å². The molecule has 3 aromatic rings. The number of fused-ring (bicyclic) bond motifs is 1. The highest BCUT2D eigenvalue weighted by atomic mass is 19.1. The summed E-state index contributed by atoms with van der Waals surface area (Å²) in [6.07, 6.45) is 1.66. The van der Waals surface area contributed by atoms with Crippen LogP contribution in [0.5, 0.6) is 0 Å². The van der Waals surface area contributed by atoms with Crippen LogP contribution < -0.4 is 10.2 Å². The molecule has 2 unspecified atom stereocenters. The van der Waals surface area contributed by atoms with E-state index in [2.05, 4.69) is 5.32 Å². The van der Waals surface area contributed by atoms with Crippen molar-refractivity contribution in [2.24, 2.45) is 0 Å². The minimum atomic E-state index is -0.336. The van der Waals surface area contributed by atoms with Crippen molar-refractivity contribution in [3.05, 3.63) is 95.3 Å². The van der Waals surface area contributed by atoms with Crippen LogP contribution in [-0.4, -0.2) is 67.0 Å². The molecule has 2 saturated heterocycles. The van der Waals surface area contributed by atoms with Crippen molar-refractivity contribution >= 4 is 23.2 Å². The average Bonchev–Trinajstić information content (AvgIpc) is 3.56. The lowest BCUT2D eigenvalue weighted by atomic mass is 10.1. The Morgan fingerprint density at radius 3 is 2.55 bits per heavy atom. The molecule has 0 radical (unpaired) electrons. The van der Waals surface area contributed by atoms with Gasteiger partial charge in [-0.05, 0) is 49.2 Å². The number of rotatable bonds is 6. The molecule has 8 heteroatoms. The van der Waals surface area contributed by atoms with Gasteiger partial charge in [0.25, 0.3) is 11.8 Å². The molecule has 38 heavy (non-hydrogen) atoms. The quantitative estimate of drug-likeness (QED) is 0.524. The van der Waals surface area contributed by atoms with E-state index in [-0.39, 0.29) is 29.9 Å². The number of carbonyl (C=O) groups is 2. The first-order valence-electron chi connectivity index (χ1n) is 13.3. The van der Waals surface area contributed by atoms with Crippen LogP contribution in [0.3, 0.4) is 0 Å². The van der Waals surface area contributed by atoms with E-state index in [1.54, 1.807) is 12.1 Å². The molecule has 0 aliphatic carbocycles. The summed E-state index contributed by atoms with van der Waals surface area (Å²) in [4.78, 5) is 32.3. The highest BCUT2D eigenvalue weighted by Gasteiger charge is 2.38. The van der Waals surface area contributed by atoms with Crippen molar-refractivity contribution < 1.29 is 18.7 Å². The number of piperazine rings is 1. The highest BCUT2D eigenvalue weighted by molar-refractivity contribution is 6.00. The molecule has 3 aromatic carbocycles. The molecule has 0 spiro atoms. The Morgan fingerprint density at radius 2 is 1.76 bits per heavy atom. The fourth-order valence-electron chi connectivity index (χ4n) is 5.66. The molecular formula is C30H31FN4O3. The number of nitrogens with one attached hydrogen (secondary N) is 1. The molecule has 6 rings (SSSR count).